The largest absolute Gasteiger partial charge is 0.493 e. The number of nitrogens with one attached hydrogen (secondary N) is 1. The summed E-state index contributed by atoms with van der Waals surface area (Å²) in [5.74, 6) is 1.06. The maximum Gasteiger partial charge on any atom is 0.311 e. The van der Waals surface area contributed by atoms with Crippen LogP contribution in [0.25, 0.3) is 11.3 Å². The second-order valence-corrected chi connectivity index (χ2v) is 8.49. The highest BCUT2D eigenvalue weighted by Gasteiger charge is 2.15. The van der Waals surface area contributed by atoms with Crippen LogP contribution in [0.15, 0.2) is 34.7 Å². The fraction of sp³-hybridized carbons (Fsp3) is 0.318. The Balaban J connectivity index is 1.58. The molecule has 34 heavy (non-hydrogen) atoms. The second-order valence-electron chi connectivity index (χ2n) is 6.63. The Morgan fingerprint density at radius 3 is 2.38 bits per heavy atom. The molecule has 180 valence electrons. The van der Waals surface area contributed by atoms with E-state index in [0.29, 0.717) is 45.4 Å². The lowest BCUT2D eigenvalue weighted by Gasteiger charge is -2.13. The molecule has 0 aliphatic carbocycles. The van der Waals surface area contributed by atoms with Gasteiger partial charge in [0.1, 0.15) is 5.03 Å². The van der Waals surface area contributed by atoms with Gasteiger partial charge in [-0.15, -0.1) is 21.5 Å². The number of hydrogen-bond donors (Lipinski definition) is 1. The average molecular weight is 505 g/mol. The molecule has 0 unspecified atom stereocenters. The van der Waals surface area contributed by atoms with Crippen molar-refractivity contribution in [1.29, 1.82) is 0 Å². The molecule has 12 heteroatoms. The second kappa shape index (κ2) is 12.2. The fourth-order valence-electron chi connectivity index (χ4n) is 2.88. The van der Waals surface area contributed by atoms with E-state index in [0.717, 1.165) is 5.56 Å². The van der Waals surface area contributed by atoms with Crippen molar-refractivity contribution in [3.63, 3.8) is 0 Å². The van der Waals surface area contributed by atoms with Gasteiger partial charge >= 0.3 is 5.97 Å². The quantitative estimate of drug-likeness (QED) is 0.307. The summed E-state index contributed by atoms with van der Waals surface area (Å²) in [6.45, 7) is 2.06. The maximum atomic E-state index is 12.3. The summed E-state index contributed by atoms with van der Waals surface area (Å²) in [4.78, 5) is 28.0. The summed E-state index contributed by atoms with van der Waals surface area (Å²) in [5, 5.41) is 13.9. The van der Waals surface area contributed by atoms with Crippen molar-refractivity contribution in [3.8, 4) is 28.5 Å². The van der Waals surface area contributed by atoms with Crippen LogP contribution in [-0.4, -0.2) is 60.7 Å². The maximum absolute atomic E-state index is 12.3. The number of hydrogen-bond acceptors (Lipinski definition) is 11. The van der Waals surface area contributed by atoms with E-state index in [2.05, 4.69) is 20.5 Å². The number of nitrogens with zero attached hydrogens (tertiary/aromatic N) is 3. The number of thioether (sulfide) groups is 1. The Labute approximate surface area is 205 Å². The summed E-state index contributed by atoms with van der Waals surface area (Å²) in [6.07, 6.45) is 0.0723. The lowest BCUT2D eigenvalue weighted by molar-refractivity contribution is -0.142. The zero-order valence-electron chi connectivity index (χ0n) is 19.1. The fourth-order valence-corrected chi connectivity index (χ4v) is 4.22. The Hall–Kier alpha value is -3.38. The molecular formula is C22H24N4O6S2. The molecule has 2 aromatic heterocycles. The number of esters is 1. The molecule has 10 nitrogen and oxygen atoms in total. The lowest BCUT2D eigenvalue weighted by atomic mass is 10.1. The molecule has 0 aliphatic rings. The first-order valence-electron chi connectivity index (χ1n) is 10.1. The number of ether oxygens (including phenoxy) is 4. The monoisotopic (exact) mass is 504 g/mol. The summed E-state index contributed by atoms with van der Waals surface area (Å²) in [6, 6.07) is 7.16. The van der Waals surface area contributed by atoms with Crippen molar-refractivity contribution in [3.05, 3.63) is 35.3 Å². The van der Waals surface area contributed by atoms with Gasteiger partial charge in [-0.1, -0.05) is 11.8 Å². The smallest absolute Gasteiger partial charge is 0.311 e. The minimum atomic E-state index is -0.352. The SMILES string of the molecule is CCOC(=O)Cc1csc(NC(=O)CSc2ccc(-c3cc(OC)c(OC)c(OC)c3)nn2)n1. The third kappa shape index (κ3) is 6.58. The van der Waals surface area contributed by atoms with E-state index in [4.69, 9.17) is 18.9 Å². The van der Waals surface area contributed by atoms with E-state index in [1.54, 1.807) is 57.9 Å². The van der Waals surface area contributed by atoms with Crippen LogP contribution >= 0.6 is 23.1 Å². The third-order valence-corrected chi connectivity index (χ3v) is 6.11. The first-order valence-corrected chi connectivity index (χ1v) is 12.0. The lowest BCUT2D eigenvalue weighted by Crippen LogP contribution is -2.14. The number of rotatable bonds is 11. The third-order valence-electron chi connectivity index (χ3n) is 4.38. The molecule has 1 N–H and O–H groups in total. The van der Waals surface area contributed by atoms with Crippen molar-refractivity contribution in [2.75, 3.05) is 39.0 Å². The molecule has 1 amide bonds. The average Bonchev–Trinajstić information content (AvgIpc) is 3.28. The Bertz CT molecular complexity index is 1110. The molecule has 0 fully saturated rings. The molecular weight excluding hydrogens is 480 g/mol. The Morgan fingerprint density at radius 2 is 1.79 bits per heavy atom. The van der Waals surface area contributed by atoms with Gasteiger partial charge in [-0.2, -0.15) is 0 Å². The predicted octanol–water partition coefficient (Wildman–Crippen LogP) is 3.46. The number of amides is 1. The van der Waals surface area contributed by atoms with Gasteiger partial charge in [0.2, 0.25) is 11.7 Å². The van der Waals surface area contributed by atoms with E-state index in [1.165, 1.54) is 23.1 Å². The minimum absolute atomic E-state index is 0.0723. The minimum Gasteiger partial charge on any atom is -0.493 e. The highest BCUT2D eigenvalue weighted by Crippen LogP contribution is 2.40. The standard InChI is InChI=1S/C22H24N4O6S2/c1-5-32-20(28)10-14-11-34-22(23-14)24-18(27)12-33-19-7-6-15(25-26-19)13-8-16(29-2)21(31-4)17(9-13)30-3/h6-9,11H,5,10,12H2,1-4H3,(H,23,24,27). The first-order chi connectivity index (χ1) is 16.5. The van der Waals surface area contributed by atoms with E-state index < -0.39 is 0 Å². The van der Waals surface area contributed by atoms with Gasteiger partial charge in [0.15, 0.2) is 16.6 Å². The van der Waals surface area contributed by atoms with Crippen molar-refractivity contribution in [2.45, 2.75) is 18.4 Å². The van der Waals surface area contributed by atoms with Gasteiger partial charge in [0.05, 0.1) is 51.5 Å². The highest BCUT2D eigenvalue weighted by molar-refractivity contribution is 7.99. The summed E-state index contributed by atoms with van der Waals surface area (Å²) in [5.41, 5.74) is 1.92. The van der Waals surface area contributed by atoms with Gasteiger partial charge in [0, 0.05) is 10.9 Å². The summed E-state index contributed by atoms with van der Waals surface area (Å²) < 4.78 is 21.0. The van der Waals surface area contributed by atoms with Crippen LogP contribution in [0.3, 0.4) is 0 Å². The normalized spacial score (nSPS) is 10.5. The van der Waals surface area contributed by atoms with Crippen molar-refractivity contribution >= 4 is 40.1 Å². The number of anilines is 1. The van der Waals surface area contributed by atoms with Crippen LogP contribution in [0.2, 0.25) is 0 Å². The number of carbonyl (C=O) groups is 2. The number of thiazole rings is 1. The number of methoxy groups -OCH3 is 3. The van der Waals surface area contributed by atoms with Gasteiger partial charge in [-0.05, 0) is 31.2 Å². The van der Waals surface area contributed by atoms with Crippen LogP contribution in [0, 0.1) is 0 Å². The molecule has 2 heterocycles. The Kier molecular flexibility index (Phi) is 9.05. The molecule has 1 aromatic carbocycles. The highest BCUT2D eigenvalue weighted by atomic mass is 32.2. The predicted molar refractivity (Wildman–Crippen MR) is 129 cm³/mol. The van der Waals surface area contributed by atoms with Gasteiger partial charge < -0.3 is 24.3 Å². The van der Waals surface area contributed by atoms with Crippen LogP contribution in [0.4, 0.5) is 5.13 Å². The number of benzene rings is 1. The molecule has 0 bridgehead atoms. The number of carbonyl (C=O) groups excluding carboxylic acids is 2. The van der Waals surface area contributed by atoms with Crippen molar-refractivity contribution < 1.29 is 28.5 Å². The zero-order valence-corrected chi connectivity index (χ0v) is 20.7. The molecule has 0 spiro atoms. The van der Waals surface area contributed by atoms with Crippen molar-refractivity contribution in [2.24, 2.45) is 0 Å². The van der Waals surface area contributed by atoms with E-state index in [-0.39, 0.29) is 24.1 Å². The molecule has 3 rings (SSSR count). The number of aromatic nitrogens is 3. The van der Waals surface area contributed by atoms with Crippen LogP contribution < -0.4 is 19.5 Å². The van der Waals surface area contributed by atoms with E-state index >= 15 is 0 Å². The molecule has 0 aliphatic heterocycles. The zero-order chi connectivity index (χ0) is 24.5. The molecule has 0 saturated heterocycles. The van der Waals surface area contributed by atoms with Crippen molar-refractivity contribution in [1.82, 2.24) is 15.2 Å². The van der Waals surface area contributed by atoms with Gasteiger partial charge in [-0.25, -0.2) is 4.98 Å². The Morgan fingerprint density at radius 1 is 1.06 bits per heavy atom. The topological polar surface area (TPSA) is 122 Å². The summed E-state index contributed by atoms with van der Waals surface area (Å²) >= 11 is 2.50. The molecule has 0 radical (unpaired) electrons. The van der Waals surface area contributed by atoms with Gasteiger partial charge in [-0.3, -0.25) is 9.59 Å². The molecule has 0 saturated carbocycles. The van der Waals surface area contributed by atoms with Crippen LogP contribution in [0.1, 0.15) is 12.6 Å². The first kappa shape index (κ1) is 25.2. The summed E-state index contributed by atoms with van der Waals surface area (Å²) in [7, 11) is 4.63. The van der Waals surface area contributed by atoms with E-state index in [1.807, 2.05) is 0 Å². The molecule has 3 aromatic rings. The van der Waals surface area contributed by atoms with Gasteiger partial charge in [0.25, 0.3) is 0 Å². The molecule has 0 atom stereocenters. The van der Waals surface area contributed by atoms with Crippen LogP contribution in [-0.2, 0) is 20.7 Å². The van der Waals surface area contributed by atoms with Crippen LogP contribution in [0.5, 0.6) is 17.2 Å². The van der Waals surface area contributed by atoms with E-state index in [9.17, 15) is 9.59 Å².